The highest BCUT2D eigenvalue weighted by molar-refractivity contribution is 5.94. The van der Waals surface area contributed by atoms with Crippen LogP contribution in [-0.2, 0) is 6.54 Å². The third-order valence-electron chi connectivity index (χ3n) is 5.09. The fourth-order valence-electron chi connectivity index (χ4n) is 3.50. The van der Waals surface area contributed by atoms with Crippen molar-refractivity contribution in [1.29, 1.82) is 0 Å². The van der Waals surface area contributed by atoms with Crippen LogP contribution in [0.4, 0.5) is 0 Å². The Balaban J connectivity index is 1.37. The number of carbonyl (C=O) groups excluding carboxylic acids is 1. The van der Waals surface area contributed by atoms with Crippen LogP contribution in [0.1, 0.15) is 16.2 Å². The quantitative estimate of drug-likeness (QED) is 0.737. The summed E-state index contributed by atoms with van der Waals surface area (Å²) in [5, 5.41) is 0. The minimum atomic E-state index is 0.0504. The summed E-state index contributed by atoms with van der Waals surface area (Å²) in [6.45, 7) is 3.76. The summed E-state index contributed by atoms with van der Waals surface area (Å²) in [5.41, 5.74) is 2.57. The van der Waals surface area contributed by atoms with Crippen LogP contribution in [0.3, 0.4) is 0 Å². The lowest BCUT2D eigenvalue weighted by molar-refractivity contribution is 0.0625. The lowest BCUT2D eigenvalue weighted by atomic mass is 10.1. The van der Waals surface area contributed by atoms with Gasteiger partial charge in [0.15, 0.2) is 0 Å². The highest BCUT2D eigenvalue weighted by Crippen LogP contribution is 2.20. The van der Waals surface area contributed by atoms with E-state index in [0.29, 0.717) is 24.4 Å². The number of aromatic nitrogens is 2. The summed E-state index contributed by atoms with van der Waals surface area (Å²) >= 11 is 0. The van der Waals surface area contributed by atoms with E-state index >= 15 is 0 Å². The number of hydrogen-bond donors (Lipinski definition) is 1. The van der Waals surface area contributed by atoms with E-state index in [4.69, 9.17) is 9.47 Å². The number of benzene rings is 2. The number of fused-ring (bicyclic) bond motifs is 1. The normalized spacial score (nSPS) is 15.0. The number of amides is 1. The van der Waals surface area contributed by atoms with Crippen molar-refractivity contribution in [3.63, 3.8) is 0 Å². The molecule has 1 amide bonds. The second kappa shape index (κ2) is 7.90. The predicted molar refractivity (Wildman–Crippen MR) is 107 cm³/mol. The van der Waals surface area contributed by atoms with Gasteiger partial charge in [-0.05, 0) is 30.3 Å². The molecule has 1 aliphatic rings. The van der Waals surface area contributed by atoms with Gasteiger partial charge in [-0.1, -0.05) is 6.07 Å². The van der Waals surface area contributed by atoms with Crippen molar-refractivity contribution in [2.24, 2.45) is 0 Å². The van der Waals surface area contributed by atoms with Gasteiger partial charge in [0, 0.05) is 37.8 Å². The Bertz CT molecular complexity index is 977. The van der Waals surface area contributed by atoms with Crippen LogP contribution in [0.2, 0.25) is 0 Å². The maximum absolute atomic E-state index is 12.7. The maximum atomic E-state index is 12.7. The van der Waals surface area contributed by atoms with Crippen LogP contribution in [0, 0.1) is 0 Å². The number of imidazole rings is 1. The molecule has 2 aromatic carbocycles. The molecule has 7 nitrogen and oxygen atoms in total. The highest BCUT2D eigenvalue weighted by Gasteiger charge is 2.23. The molecule has 0 unspecified atom stereocenters. The third kappa shape index (κ3) is 3.80. The van der Waals surface area contributed by atoms with Gasteiger partial charge in [-0.15, -0.1) is 0 Å². The molecule has 0 atom stereocenters. The van der Waals surface area contributed by atoms with Crippen molar-refractivity contribution in [3.8, 4) is 11.5 Å². The van der Waals surface area contributed by atoms with Gasteiger partial charge >= 0.3 is 0 Å². The number of hydrogen-bond acceptors (Lipinski definition) is 5. The standard InChI is InChI=1S/C21H24N4O3/c1-27-16-5-3-4-15(12-16)21(26)25-10-8-24(9-11-25)14-20-22-18-7-6-17(28-2)13-19(18)23-20/h3-7,12-13H,8-11,14H2,1-2H3,(H,22,23). The molecule has 146 valence electrons. The second-order valence-electron chi connectivity index (χ2n) is 6.87. The largest absolute Gasteiger partial charge is 0.497 e. The summed E-state index contributed by atoms with van der Waals surface area (Å²) in [6, 6.07) is 13.1. The first kappa shape index (κ1) is 18.3. The van der Waals surface area contributed by atoms with Gasteiger partial charge in [-0.25, -0.2) is 4.98 Å². The SMILES string of the molecule is COc1cccc(C(=O)N2CCN(Cc3nc4ccc(OC)cc4[nH]3)CC2)c1. The summed E-state index contributed by atoms with van der Waals surface area (Å²) in [5.74, 6) is 2.49. The van der Waals surface area contributed by atoms with Crippen molar-refractivity contribution in [1.82, 2.24) is 19.8 Å². The van der Waals surface area contributed by atoms with E-state index < -0.39 is 0 Å². The van der Waals surface area contributed by atoms with E-state index in [1.54, 1.807) is 20.3 Å². The van der Waals surface area contributed by atoms with Crippen LogP contribution in [0.5, 0.6) is 11.5 Å². The van der Waals surface area contributed by atoms with Crippen LogP contribution in [0.15, 0.2) is 42.5 Å². The second-order valence-corrected chi connectivity index (χ2v) is 6.87. The van der Waals surface area contributed by atoms with E-state index in [-0.39, 0.29) is 5.91 Å². The Hall–Kier alpha value is -3.06. The summed E-state index contributed by atoms with van der Waals surface area (Å²) in [6.07, 6.45) is 0. The molecule has 0 bridgehead atoms. The molecule has 0 radical (unpaired) electrons. The summed E-state index contributed by atoms with van der Waals surface area (Å²) in [7, 11) is 3.27. The minimum absolute atomic E-state index is 0.0504. The average Bonchev–Trinajstić information content (AvgIpc) is 3.15. The fraction of sp³-hybridized carbons (Fsp3) is 0.333. The number of carbonyl (C=O) groups is 1. The molecule has 0 spiro atoms. The number of rotatable bonds is 5. The van der Waals surface area contributed by atoms with E-state index in [2.05, 4.69) is 14.9 Å². The van der Waals surface area contributed by atoms with E-state index in [1.807, 2.05) is 41.3 Å². The van der Waals surface area contributed by atoms with E-state index in [0.717, 1.165) is 42.2 Å². The first-order chi connectivity index (χ1) is 13.7. The number of methoxy groups -OCH3 is 2. The van der Waals surface area contributed by atoms with Gasteiger partial charge in [0.2, 0.25) is 0 Å². The van der Waals surface area contributed by atoms with Crippen molar-refractivity contribution >= 4 is 16.9 Å². The van der Waals surface area contributed by atoms with Crippen molar-refractivity contribution in [2.45, 2.75) is 6.54 Å². The lowest BCUT2D eigenvalue weighted by Crippen LogP contribution is -2.48. The number of H-pyrrole nitrogens is 1. The van der Waals surface area contributed by atoms with Crippen molar-refractivity contribution < 1.29 is 14.3 Å². The van der Waals surface area contributed by atoms with Gasteiger partial charge in [-0.3, -0.25) is 9.69 Å². The van der Waals surface area contributed by atoms with Gasteiger partial charge in [0.1, 0.15) is 17.3 Å². The fourth-order valence-corrected chi connectivity index (χ4v) is 3.50. The topological polar surface area (TPSA) is 70.7 Å². The minimum Gasteiger partial charge on any atom is -0.497 e. The molecule has 4 rings (SSSR count). The zero-order valence-electron chi connectivity index (χ0n) is 16.1. The number of aromatic amines is 1. The van der Waals surface area contributed by atoms with Crippen molar-refractivity contribution in [2.75, 3.05) is 40.4 Å². The van der Waals surface area contributed by atoms with E-state index in [9.17, 15) is 4.79 Å². The molecule has 1 N–H and O–H groups in total. The molecule has 7 heteroatoms. The molecule has 1 fully saturated rings. The smallest absolute Gasteiger partial charge is 0.254 e. The first-order valence-corrected chi connectivity index (χ1v) is 9.34. The van der Waals surface area contributed by atoms with E-state index in [1.165, 1.54) is 0 Å². The van der Waals surface area contributed by atoms with Gasteiger partial charge in [0.05, 0.1) is 31.8 Å². The summed E-state index contributed by atoms with van der Waals surface area (Å²) in [4.78, 5) is 25.0. The molecule has 3 aromatic rings. The van der Waals surface area contributed by atoms with Crippen LogP contribution < -0.4 is 9.47 Å². The molecular weight excluding hydrogens is 356 g/mol. The van der Waals surface area contributed by atoms with Gasteiger partial charge < -0.3 is 19.4 Å². The molecular formula is C21H24N4O3. The van der Waals surface area contributed by atoms with Crippen LogP contribution in [0.25, 0.3) is 11.0 Å². The zero-order valence-corrected chi connectivity index (χ0v) is 16.1. The highest BCUT2D eigenvalue weighted by atomic mass is 16.5. The molecule has 0 aliphatic carbocycles. The number of ether oxygens (including phenoxy) is 2. The van der Waals surface area contributed by atoms with Crippen LogP contribution >= 0.6 is 0 Å². The number of nitrogens with one attached hydrogen (secondary N) is 1. The molecule has 1 saturated heterocycles. The Morgan fingerprint density at radius 2 is 1.79 bits per heavy atom. The average molecular weight is 380 g/mol. The van der Waals surface area contributed by atoms with Crippen LogP contribution in [-0.4, -0.2) is 66.1 Å². The molecule has 28 heavy (non-hydrogen) atoms. The first-order valence-electron chi connectivity index (χ1n) is 9.34. The molecule has 1 aromatic heterocycles. The Kier molecular flexibility index (Phi) is 5.16. The Morgan fingerprint density at radius 1 is 1.04 bits per heavy atom. The maximum Gasteiger partial charge on any atom is 0.254 e. The predicted octanol–water partition coefficient (Wildman–Crippen LogP) is 2.54. The monoisotopic (exact) mass is 380 g/mol. The Labute approximate surface area is 163 Å². The number of nitrogens with zero attached hydrogens (tertiary/aromatic N) is 3. The van der Waals surface area contributed by atoms with Gasteiger partial charge in [0.25, 0.3) is 5.91 Å². The van der Waals surface area contributed by atoms with Gasteiger partial charge in [-0.2, -0.15) is 0 Å². The zero-order chi connectivity index (χ0) is 19.5. The molecule has 0 saturated carbocycles. The Morgan fingerprint density at radius 3 is 2.54 bits per heavy atom. The third-order valence-corrected chi connectivity index (χ3v) is 5.09. The lowest BCUT2D eigenvalue weighted by Gasteiger charge is -2.34. The summed E-state index contributed by atoms with van der Waals surface area (Å²) < 4.78 is 10.5. The molecule has 1 aliphatic heterocycles. The molecule has 2 heterocycles. The van der Waals surface area contributed by atoms with Crippen molar-refractivity contribution in [3.05, 3.63) is 53.9 Å². The number of piperazine rings is 1.